The molecule has 1 heterocycles. The molecule has 0 aromatic carbocycles. The SMILES string of the molecule is CC1(CN=O)OCC(CO)(N=O)C1ON. The fourth-order valence-corrected chi connectivity index (χ4v) is 1.77. The van der Waals surface area contributed by atoms with Crippen molar-refractivity contribution in [1.82, 2.24) is 0 Å². The average Bonchev–Trinajstić information content (AvgIpc) is 2.52. The first kappa shape index (κ1) is 12.1. The summed E-state index contributed by atoms with van der Waals surface area (Å²) >= 11 is 0. The summed E-state index contributed by atoms with van der Waals surface area (Å²) in [5, 5.41) is 14.6. The lowest BCUT2D eigenvalue weighted by Crippen LogP contribution is -2.53. The predicted molar refractivity (Wildman–Crippen MR) is 49.7 cm³/mol. The molecule has 3 unspecified atom stereocenters. The normalized spacial score (nSPS) is 40.3. The van der Waals surface area contributed by atoms with Crippen molar-refractivity contribution in [2.45, 2.75) is 24.2 Å². The lowest BCUT2D eigenvalue weighted by Gasteiger charge is -2.30. The molecule has 0 aromatic rings. The van der Waals surface area contributed by atoms with Gasteiger partial charge in [-0.1, -0.05) is 10.4 Å². The van der Waals surface area contributed by atoms with Gasteiger partial charge >= 0.3 is 0 Å². The second kappa shape index (κ2) is 4.27. The summed E-state index contributed by atoms with van der Waals surface area (Å²) in [5.41, 5.74) is -2.60. The van der Waals surface area contributed by atoms with E-state index in [-0.39, 0.29) is 13.2 Å². The van der Waals surface area contributed by atoms with Crippen LogP contribution in [0.4, 0.5) is 0 Å². The average molecular weight is 219 g/mol. The van der Waals surface area contributed by atoms with Gasteiger partial charge in [-0.2, -0.15) is 4.91 Å². The van der Waals surface area contributed by atoms with Gasteiger partial charge in [-0.15, -0.1) is 4.91 Å². The first-order chi connectivity index (χ1) is 7.08. The smallest absolute Gasteiger partial charge is 0.179 e. The molecule has 1 aliphatic heterocycles. The molecule has 0 radical (unpaired) electrons. The van der Waals surface area contributed by atoms with Crippen LogP contribution in [0.15, 0.2) is 10.4 Å². The molecule has 15 heavy (non-hydrogen) atoms. The van der Waals surface area contributed by atoms with Crippen LogP contribution in [-0.2, 0) is 9.57 Å². The standard InChI is InChI=1S/C7H13N3O5/c1-6(2-9-12)5(15-8)7(3-11,10-13)4-14-6/h5,11H,2-4,8H2,1H3. The van der Waals surface area contributed by atoms with Gasteiger partial charge in [0.15, 0.2) is 5.54 Å². The van der Waals surface area contributed by atoms with Crippen LogP contribution in [0.1, 0.15) is 6.92 Å². The van der Waals surface area contributed by atoms with Crippen LogP contribution in [0, 0.1) is 9.81 Å². The molecule has 0 saturated carbocycles. The molecule has 0 bridgehead atoms. The second-order valence-electron chi connectivity index (χ2n) is 3.76. The summed E-state index contributed by atoms with van der Waals surface area (Å²) in [6, 6.07) is 0. The zero-order valence-electron chi connectivity index (χ0n) is 8.25. The third-order valence-electron chi connectivity index (χ3n) is 2.66. The maximum atomic E-state index is 10.7. The summed E-state index contributed by atoms with van der Waals surface area (Å²) in [6.45, 7) is 0.578. The molecule has 0 aliphatic carbocycles. The van der Waals surface area contributed by atoms with Crippen LogP contribution < -0.4 is 5.90 Å². The zero-order chi connectivity index (χ0) is 11.5. The van der Waals surface area contributed by atoms with Gasteiger partial charge in [-0.25, -0.2) is 5.90 Å². The third kappa shape index (κ3) is 1.76. The van der Waals surface area contributed by atoms with Crippen LogP contribution in [0.3, 0.4) is 0 Å². The highest BCUT2D eigenvalue weighted by molar-refractivity contribution is 5.10. The van der Waals surface area contributed by atoms with Crippen molar-refractivity contribution in [3.63, 3.8) is 0 Å². The molecule has 86 valence electrons. The van der Waals surface area contributed by atoms with E-state index in [1.807, 2.05) is 0 Å². The van der Waals surface area contributed by atoms with E-state index in [0.717, 1.165) is 0 Å². The van der Waals surface area contributed by atoms with Crippen molar-refractivity contribution in [1.29, 1.82) is 0 Å². The molecule has 3 atom stereocenters. The molecular formula is C7H13N3O5. The van der Waals surface area contributed by atoms with Gasteiger partial charge in [0.05, 0.1) is 13.2 Å². The summed E-state index contributed by atoms with van der Waals surface area (Å²) in [6.07, 6.45) is -0.995. The fraction of sp³-hybridized carbons (Fsp3) is 1.00. The minimum Gasteiger partial charge on any atom is -0.394 e. The topological polar surface area (TPSA) is 124 Å². The molecule has 1 fully saturated rings. The Morgan fingerprint density at radius 3 is 2.73 bits per heavy atom. The number of ether oxygens (including phenoxy) is 1. The number of aliphatic hydroxyl groups is 1. The molecule has 3 N–H and O–H groups in total. The third-order valence-corrected chi connectivity index (χ3v) is 2.66. The lowest BCUT2D eigenvalue weighted by atomic mass is 9.87. The number of hydrogen-bond acceptors (Lipinski definition) is 8. The maximum Gasteiger partial charge on any atom is 0.179 e. The molecule has 1 saturated heterocycles. The summed E-state index contributed by atoms with van der Waals surface area (Å²) in [7, 11) is 0. The van der Waals surface area contributed by atoms with E-state index in [1.165, 1.54) is 6.92 Å². The van der Waals surface area contributed by atoms with E-state index in [9.17, 15) is 9.81 Å². The summed E-state index contributed by atoms with van der Waals surface area (Å²) < 4.78 is 5.23. The molecule has 1 rings (SSSR count). The van der Waals surface area contributed by atoms with Crippen molar-refractivity contribution >= 4 is 0 Å². The van der Waals surface area contributed by atoms with E-state index in [0.29, 0.717) is 0 Å². The Bertz CT molecular complexity index is 263. The van der Waals surface area contributed by atoms with Gasteiger partial charge in [-0.05, 0) is 6.92 Å². The van der Waals surface area contributed by atoms with Crippen LogP contribution in [0.25, 0.3) is 0 Å². The molecule has 1 aliphatic rings. The van der Waals surface area contributed by atoms with E-state index in [4.69, 9.17) is 15.7 Å². The molecular weight excluding hydrogens is 206 g/mol. The van der Waals surface area contributed by atoms with Gasteiger partial charge in [-0.3, -0.25) is 4.84 Å². The van der Waals surface area contributed by atoms with Crippen molar-refractivity contribution < 1.29 is 14.7 Å². The van der Waals surface area contributed by atoms with Gasteiger partial charge in [0.1, 0.15) is 18.2 Å². The number of nitrogens with two attached hydrogens (primary N) is 1. The van der Waals surface area contributed by atoms with Gasteiger partial charge in [0, 0.05) is 0 Å². The van der Waals surface area contributed by atoms with E-state index in [1.54, 1.807) is 0 Å². The van der Waals surface area contributed by atoms with Gasteiger partial charge in [0.25, 0.3) is 0 Å². The van der Waals surface area contributed by atoms with Gasteiger partial charge in [0.2, 0.25) is 0 Å². The Morgan fingerprint density at radius 1 is 1.67 bits per heavy atom. The van der Waals surface area contributed by atoms with Gasteiger partial charge < -0.3 is 9.84 Å². The van der Waals surface area contributed by atoms with E-state index < -0.39 is 23.9 Å². The van der Waals surface area contributed by atoms with Crippen LogP contribution in [0.5, 0.6) is 0 Å². The Balaban J connectivity index is 2.99. The Hall–Kier alpha value is -0.960. The predicted octanol–water partition coefficient (Wildman–Crippen LogP) is -0.702. The highest BCUT2D eigenvalue weighted by atomic mass is 16.7. The van der Waals surface area contributed by atoms with Crippen molar-refractivity contribution in [2.24, 2.45) is 16.3 Å². The van der Waals surface area contributed by atoms with Crippen LogP contribution >= 0.6 is 0 Å². The van der Waals surface area contributed by atoms with Crippen molar-refractivity contribution in [3.8, 4) is 0 Å². The fourth-order valence-electron chi connectivity index (χ4n) is 1.77. The Kier molecular flexibility index (Phi) is 3.45. The number of rotatable bonds is 5. The number of nitrogens with zero attached hydrogens (tertiary/aromatic N) is 2. The first-order valence-electron chi connectivity index (χ1n) is 4.32. The maximum absolute atomic E-state index is 10.7. The first-order valence-corrected chi connectivity index (χ1v) is 4.32. The minimum absolute atomic E-state index is 0.152. The monoisotopic (exact) mass is 219 g/mol. The largest absolute Gasteiger partial charge is 0.394 e. The number of nitroso groups, excluding NO2 is 2. The molecule has 0 aromatic heterocycles. The molecule has 0 amide bonds. The molecule has 8 nitrogen and oxygen atoms in total. The molecule has 8 heteroatoms. The van der Waals surface area contributed by atoms with E-state index >= 15 is 0 Å². The van der Waals surface area contributed by atoms with Crippen molar-refractivity contribution in [3.05, 3.63) is 9.81 Å². The quantitative estimate of drug-likeness (QED) is 0.465. The lowest BCUT2D eigenvalue weighted by molar-refractivity contribution is -0.0812. The second-order valence-corrected chi connectivity index (χ2v) is 3.76. The zero-order valence-corrected chi connectivity index (χ0v) is 8.25. The van der Waals surface area contributed by atoms with Crippen LogP contribution in [-0.4, -0.2) is 42.1 Å². The van der Waals surface area contributed by atoms with E-state index in [2.05, 4.69) is 15.2 Å². The van der Waals surface area contributed by atoms with Crippen LogP contribution in [0.2, 0.25) is 0 Å². The summed E-state index contributed by atoms with van der Waals surface area (Å²) in [4.78, 5) is 25.5. The Morgan fingerprint density at radius 2 is 2.33 bits per heavy atom. The number of aliphatic hydroxyl groups excluding tert-OH is 1. The minimum atomic E-state index is -1.46. The number of hydrogen-bond donors (Lipinski definition) is 2. The van der Waals surface area contributed by atoms with Crippen molar-refractivity contribution in [2.75, 3.05) is 19.8 Å². The highest BCUT2D eigenvalue weighted by Gasteiger charge is 2.59. The molecule has 0 spiro atoms. The summed E-state index contributed by atoms with van der Waals surface area (Å²) in [5.74, 6) is 5.03. The Labute approximate surface area is 85.6 Å². The highest BCUT2D eigenvalue weighted by Crippen LogP contribution is 2.37.